The van der Waals surface area contributed by atoms with E-state index >= 15 is 0 Å². The van der Waals surface area contributed by atoms with Gasteiger partial charge in [0.1, 0.15) is 29.9 Å². The van der Waals surface area contributed by atoms with E-state index in [4.69, 9.17) is 18.9 Å². The van der Waals surface area contributed by atoms with Crippen LogP contribution in [-0.4, -0.2) is 41.6 Å². The van der Waals surface area contributed by atoms with Gasteiger partial charge in [0.05, 0.1) is 13.2 Å². The number of aliphatic hydroxyl groups is 1. The number of hydrogen-bond acceptors (Lipinski definition) is 6. The molecular formula is C31H36O5S. The molecule has 5 rings (SSSR count). The zero-order chi connectivity index (χ0) is 26.0. The molecule has 3 aromatic rings. The maximum atomic E-state index is 11.6. The average Bonchev–Trinajstić information content (AvgIpc) is 2.90. The molecule has 1 unspecified atom stereocenters. The van der Waals surface area contributed by atoms with E-state index in [0.29, 0.717) is 13.2 Å². The highest BCUT2D eigenvalue weighted by molar-refractivity contribution is 7.99. The smallest absolute Gasteiger partial charge is 0.184 e. The number of thioether (sulfide) groups is 1. The highest BCUT2D eigenvalue weighted by Gasteiger charge is 2.50. The maximum Gasteiger partial charge on any atom is 0.184 e. The molecule has 196 valence electrons. The summed E-state index contributed by atoms with van der Waals surface area (Å²) in [5.74, 6) is 0. The predicted octanol–water partition coefficient (Wildman–Crippen LogP) is 6.17. The average molecular weight is 521 g/mol. The first kappa shape index (κ1) is 26.4. The Morgan fingerprint density at radius 3 is 2.35 bits per heavy atom. The first-order valence-electron chi connectivity index (χ1n) is 12.9. The molecule has 2 saturated heterocycles. The van der Waals surface area contributed by atoms with Crippen molar-refractivity contribution in [2.45, 2.75) is 80.8 Å². The van der Waals surface area contributed by atoms with E-state index < -0.39 is 36.1 Å². The summed E-state index contributed by atoms with van der Waals surface area (Å²) in [5, 5.41) is 11.6. The molecule has 6 atom stereocenters. The Hall–Kier alpha value is -2.19. The van der Waals surface area contributed by atoms with Crippen LogP contribution in [0.25, 0.3) is 0 Å². The monoisotopic (exact) mass is 520 g/mol. The van der Waals surface area contributed by atoms with Crippen LogP contribution in [0.15, 0.2) is 83.8 Å². The molecule has 3 aromatic carbocycles. The van der Waals surface area contributed by atoms with Crippen LogP contribution in [0.1, 0.15) is 49.3 Å². The highest BCUT2D eigenvalue weighted by Crippen LogP contribution is 2.41. The predicted molar refractivity (Wildman–Crippen MR) is 145 cm³/mol. The van der Waals surface area contributed by atoms with E-state index in [1.165, 1.54) is 11.1 Å². The SMILES string of the molecule is Cc1ccc(C(C)(C)C)cc1S[C@@H]1O[C@@H]2COC(c3ccccc3)O[C@H]2[C@H](O)[C@H]1OCc1ccccc1. The summed E-state index contributed by atoms with van der Waals surface area (Å²) in [6.07, 6.45) is -2.96. The number of aliphatic hydroxyl groups excluding tert-OH is 1. The minimum Gasteiger partial charge on any atom is -0.387 e. The molecule has 0 amide bonds. The molecule has 0 radical (unpaired) electrons. The molecule has 0 bridgehead atoms. The van der Waals surface area contributed by atoms with Crippen molar-refractivity contribution in [2.75, 3.05) is 6.61 Å². The van der Waals surface area contributed by atoms with E-state index in [-0.39, 0.29) is 5.41 Å². The van der Waals surface area contributed by atoms with Crippen LogP contribution < -0.4 is 0 Å². The third kappa shape index (κ3) is 6.11. The topological polar surface area (TPSA) is 57.2 Å². The Bertz CT molecular complexity index is 1160. The lowest BCUT2D eigenvalue weighted by atomic mass is 9.87. The lowest BCUT2D eigenvalue weighted by Gasteiger charge is -2.47. The van der Waals surface area contributed by atoms with Crippen LogP contribution in [0.3, 0.4) is 0 Å². The van der Waals surface area contributed by atoms with Crippen LogP contribution in [0, 0.1) is 6.92 Å². The molecule has 1 N–H and O–H groups in total. The van der Waals surface area contributed by atoms with Crippen LogP contribution in [0.2, 0.25) is 0 Å². The summed E-state index contributed by atoms with van der Waals surface area (Å²) in [6.45, 7) is 9.45. The fourth-order valence-electron chi connectivity index (χ4n) is 4.70. The summed E-state index contributed by atoms with van der Waals surface area (Å²) < 4.78 is 25.2. The molecule has 37 heavy (non-hydrogen) atoms. The van der Waals surface area contributed by atoms with E-state index in [2.05, 4.69) is 45.9 Å². The molecule has 2 heterocycles. The van der Waals surface area contributed by atoms with Gasteiger partial charge in [-0.2, -0.15) is 0 Å². The van der Waals surface area contributed by atoms with Gasteiger partial charge in [-0.3, -0.25) is 0 Å². The van der Waals surface area contributed by atoms with Crippen LogP contribution in [-0.2, 0) is 31.0 Å². The first-order valence-corrected chi connectivity index (χ1v) is 13.8. The molecule has 2 fully saturated rings. The minimum absolute atomic E-state index is 0.0295. The number of rotatable bonds is 6. The molecule has 0 aliphatic carbocycles. The Morgan fingerprint density at radius 1 is 0.946 bits per heavy atom. The molecule has 2 aliphatic rings. The van der Waals surface area contributed by atoms with Gasteiger partial charge in [0, 0.05) is 10.5 Å². The number of fused-ring (bicyclic) bond motifs is 1. The molecule has 5 nitrogen and oxygen atoms in total. The first-order chi connectivity index (χ1) is 17.8. The third-order valence-corrected chi connectivity index (χ3v) is 8.27. The van der Waals surface area contributed by atoms with Crippen molar-refractivity contribution < 1.29 is 24.1 Å². The van der Waals surface area contributed by atoms with Crippen molar-refractivity contribution in [1.29, 1.82) is 0 Å². The lowest BCUT2D eigenvalue weighted by Crippen LogP contribution is -2.61. The van der Waals surface area contributed by atoms with Crippen LogP contribution in [0.4, 0.5) is 0 Å². The van der Waals surface area contributed by atoms with Crippen molar-refractivity contribution in [1.82, 2.24) is 0 Å². The second-order valence-electron chi connectivity index (χ2n) is 10.8. The van der Waals surface area contributed by atoms with Gasteiger partial charge in [0.25, 0.3) is 0 Å². The van der Waals surface area contributed by atoms with Gasteiger partial charge >= 0.3 is 0 Å². The number of aryl methyl sites for hydroxylation is 1. The Labute approximate surface area is 224 Å². The van der Waals surface area contributed by atoms with E-state index in [1.807, 2.05) is 60.7 Å². The molecule has 2 aliphatic heterocycles. The largest absolute Gasteiger partial charge is 0.387 e. The van der Waals surface area contributed by atoms with Crippen molar-refractivity contribution >= 4 is 11.8 Å². The second kappa shape index (κ2) is 11.3. The third-order valence-electron chi connectivity index (χ3n) is 6.96. The normalized spacial score (nSPS) is 28.0. The second-order valence-corrected chi connectivity index (χ2v) is 12.0. The fraction of sp³-hybridized carbons (Fsp3) is 0.419. The van der Waals surface area contributed by atoms with Gasteiger partial charge in [-0.15, -0.1) is 0 Å². The van der Waals surface area contributed by atoms with Gasteiger partial charge in [0.15, 0.2) is 6.29 Å². The van der Waals surface area contributed by atoms with E-state index in [1.54, 1.807) is 11.8 Å². The fourth-order valence-corrected chi connectivity index (χ4v) is 5.98. The van der Waals surface area contributed by atoms with Gasteiger partial charge in [0.2, 0.25) is 0 Å². The quantitative estimate of drug-likeness (QED) is 0.420. The standard InChI is InChI=1S/C31H36O5S/c1-20-15-16-23(31(2,3)4)17-25(20)37-30-28(33-18-21-11-7-5-8-12-21)26(32)27-24(35-30)19-34-29(36-27)22-13-9-6-10-14-22/h5-17,24,26-30,32H,18-19H2,1-4H3/t24-,26+,27-,28-,29?,30+/m1/s1. The van der Waals surface area contributed by atoms with Gasteiger partial charge in [-0.1, -0.05) is 105 Å². The summed E-state index contributed by atoms with van der Waals surface area (Å²) in [6, 6.07) is 26.4. The molecule has 0 spiro atoms. The molecule has 6 heteroatoms. The van der Waals surface area contributed by atoms with Crippen molar-refractivity contribution in [3.05, 3.63) is 101 Å². The highest BCUT2D eigenvalue weighted by atomic mass is 32.2. The molecule has 0 saturated carbocycles. The summed E-state index contributed by atoms with van der Waals surface area (Å²) in [5.41, 5.74) is 3.99. The van der Waals surface area contributed by atoms with Crippen LogP contribution in [0.5, 0.6) is 0 Å². The van der Waals surface area contributed by atoms with E-state index in [9.17, 15) is 5.11 Å². The van der Waals surface area contributed by atoms with Crippen LogP contribution >= 0.6 is 11.8 Å². The van der Waals surface area contributed by atoms with Crippen molar-refractivity contribution in [3.8, 4) is 0 Å². The minimum atomic E-state index is -0.874. The molecular weight excluding hydrogens is 484 g/mol. The number of hydrogen-bond donors (Lipinski definition) is 1. The van der Waals surface area contributed by atoms with Gasteiger partial charge in [-0.25, -0.2) is 0 Å². The Morgan fingerprint density at radius 2 is 1.65 bits per heavy atom. The van der Waals surface area contributed by atoms with E-state index in [0.717, 1.165) is 16.0 Å². The van der Waals surface area contributed by atoms with Crippen molar-refractivity contribution in [2.24, 2.45) is 0 Å². The van der Waals surface area contributed by atoms with Gasteiger partial charge in [-0.05, 0) is 35.1 Å². The maximum absolute atomic E-state index is 11.6. The Balaban J connectivity index is 1.39. The summed E-state index contributed by atoms with van der Waals surface area (Å²) in [4.78, 5) is 1.12. The lowest BCUT2D eigenvalue weighted by molar-refractivity contribution is -0.322. The zero-order valence-corrected chi connectivity index (χ0v) is 22.7. The Kier molecular flexibility index (Phi) is 8.05. The number of benzene rings is 3. The summed E-state index contributed by atoms with van der Waals surface area (Å²) >= 11 is 1.60. The molecule has 0 aromatic heterocycles. The van der Waals surface area contributed by atoms with Crippen molar-refractivity contribution in [3.63, 3.8) is 0 Å². The number of ether oxygens (including phenoxy) is 4. The summed E-state index contributed by atoms with van der Waals surface area (Å²) in [7, 11) is 0. The zero-order valence-electron chi connectivity index (χ0n) is 21.9. The van der Waals surface area contributed by atoms with Gasteiger partial charge < -0.3 is 24.1 Å².